The molecule has 1 unspecified atom stereocenters. The van der Waals surface area contributed by atoms with E-state index in [1.54, 1.807) is 36.6 Å². The molecule has 1 atom stereocenters. The van der Waals surface area contributed by atoms with Gasteiger partial charge in [-0.3, -0.25) is 0 Å². The first-order chi connectivity index (χ1) is 13.0. The van der Waals surface area contributed by atoms with E-state index in [4.69, 9.17) is 4.74 Å². The molecule has 0 saturated carbocycles. The summed E-state index contributed by atoms with van der Waals surface area (Å²) < 4.78 is 46.3. The van der Waals surface area contributed by atoms with E-state index in [0.717, 1.165) is 6.07 Å². The predicted molar refractivity (Wildman–Crippen MR) is 95.5 cm³/mol. The van der Waals surface area contributed by atoms with E-state index >= 15 is 0 Å². The van der Waals surface area contributed by atoms with E-state index in [1.807, 2.05) is 0 Å². The number of anilines is 1. The maximum absolute atomic E-state index is 13.5. The molecular weight excluding hydrogens is 377 g/mol. The summed E-state index contributed by atoms with van der Waals surface area (Å²) >= 11 is 1.27. The lowest BCUT2D eigenvalue weighted by Gasteiger charge is -2.22. The zero-order valence-corrected chi connectivity index (χ0v) is 14.8. The number of thioether (sulfide) groups is 1. The van der Waals surface area contributed by atoms with Gasteiger partial charge in [0.2, 0.25) is 11.0 Å². The number of halogens is 3. The van der Waals surface area contributed by atoms with Crippen molar-refractivity contribution >= 4 is 17.4 Å². The van der Waals surface area contributed by atoms with Crippen LogP contribution in [0.15, 0.2) is 53.7 Å². The van der Waals surface area contributed by atoms with Crippen LogP contribution in [0.5, 0.6) is 5.88 Å². The highest BCUT2D eigenvalue weighted by Gasteiger charge is 2.37. The summed E-state index contributed by atoms with van der Waals surface area (Å²) in [6.07, 6.45) is -3.82. The minimum atomic E-state index is -4.51. The quantitative estimate of drug-likeness (QED) is 0.636. The lowest BCUT2D eigenvalue weighted by Crippen LogP contribution is -2.21. The summed E-state index contributed by atoms with van der Waals surface area (Å²) in [5, 5.41) is 11.6. The summed E-state index contributed by atoms with van der Waals surface area (Å²) in [5.74, 6) is 0.133. The molecule has 0 bridgehead atoms. The molecule has 0 saturated heterocycles. The summed E-state index contributed by atoms with van der Waals surface area (Å²) in [5.41, 5.74) is 0.828. The van der Waals surface area contributed by atoms with Crippen molar-refractivity contribution in [1.29, 1.82) is 0 Å². The maximum atomic E-state index is 13.5. The molecule has 2 heterocycles. The van der Waals surface area contributed by atoms with Crippen molar-refractivity contribution in [2.75, 3.05) is 11.6 Å². The van der Waals surface area contributed by atoms with Crippen molar-refractivity contribution in [2.45, 2.75) is 17.6 Å². The van der Waals surface area contributed by atoms with Crippen molar-refractivity contribution in [1.82, 2.24) is 15.2 Å². The second-order valence-corrected chi connectivity index (χ2v) is 6.50. The van der Waals surface area contributed by atoms with Crippen molar-refractivity contribution in [2.24, 2.45) is 0 Å². The fourth-order valence-electron chi connectivity index (χ4n) is 2.86. The van der Waals surface area contributed by atoms with Crippen molar-refractivity contribution < 1.29 is 17.9 Å². The number of aromatic nitrogens is 3. The third-order valence-electron chi connectivity index (χ3n) is 4.06. The van der Waals surface area contributed by atoms with Crippen LogP contribution in [0.2, 0.25) is 0 Å². The minimum Gasteiger partial charge on any atom is -0.448 e. The van der Waals surface area contributed by atoms with Gasteiger partial charge in [0.1, 0.15) is 0 Å². The molecular formula is C18H13F3N4OS. The minimum absolute atomic E-state index is 0.0306. The zero-order valence-electron chi connectivity index (χ0n) is 14.0. The van der Waals surface area contributed by atoms with E-state index in [1.165, 1.54) is 23.9 Å². The van der Waals surface area contributed by atoms with Gasteiger partial charge in [-0.05, 0) is 18.4 Å². The van der Waals surface area contributed by atoms with Gasteiger partial charge in [-0.2, -0.15) is 18.2 Å². The number of hydrogen-bond donors (Lipinski definition) is 1. The summed E-state index contributed by atoms with van der Waals surface area (Å²) in [6.45, 7) is 0. The van der Waals surface area contributed by atoms with Crippen molar-refractivity contribution in [3.63, 3.8) is 0 Å². The molecule has 5 nitrogen and oxygen atoms in total. The molecule has 1 aliphatic heterocycles. The lowest BCUT2D eigenvalue weighted by atomic mass is 10.1. The van der Waals surface area contributed by atoms with E-state index < -0.39 is 18.0 Å². The Labute approximate surface area is 157 Å². The van der Waals surface area contributed by atoms with Gasteiger partial charge in [0.05, 0.1) is 5.56 Å². The third kappa shape index (κ3) is 3.30. The first-order valence-electron chi connectivity index (χ1n) is 7.95. The molecule has 9 heteroatoms. The highest BCUT2D eigenvalue weighted by Crippen LogP contribution is 2.42. The van der Waals surface area contributed by atoms with E-state index in [0.29, 0.717) is 22.1 Å². The average Bonchev–Trinajstić information content (AvgIpc) is 2.83. The van der Waals surface area contributed by atoms with Gasteiger partial charge in [-0.1, -0.05) is 48.2 Å². The Kier molecular flexibility index (Phi) is 4.39. The number of nitrogens with zero attached hydrogens (tertiary/aromatic N) is 3. The largest absolute Gasteiger partial charge is 0.448 e. The zero-order chi connectivity index (χ0) is 19.0. The van der Waals surface area contributed by atoms with Crippen molar-refractivity contribution in [3.8, 4) is 17.1 Å². The number of fused-ring (bicyclic) bond motifs is 3. The number of nitrogens with one attached hydrogen (secondary N) is 1. The van der Waals surface area contributed by atoms with Crippen LogP contribution in [0.1, 0.15) is 17.4 Å². The van der Waals surface area contributed by atoms with Crippen molar-refractivity contribution in [3.05, 3.63) is 59.7 Å². The molecule has 0 fully saturated rings. The van der Waals surface area contributed by atoms with E-state index in [2.05, 4.69) is 20.5 Å². The summed E-state index contributed by atoms with van der Waals surface area (Å²) in [7, 11) is 0. The lowest BCUT2D eigenvalue weighted by molar-refractivity contribution is -0.138. The van der Waals surface area contributed by atoms with Crippen LogP contribution >= 0.6 is 11.8 Å². The fraction of sp³-hybridized carbons (Fsp3) is 0.167. The molecule has 0 radical (unpaired) electrons. The average molecular weight is 390 g/mol. The Morgan fingerprint density at radius 3 is 2.56 bits per heavy atom. The maximum Gasteiger partial charge on any atom is 0.416 e. The molecule has 0 aliphatic carbocycles. The molecule has 1 N–H and O–H groups in total. The summed E-state index contributed by atoms with van der Waals surface area (Å²) in [4.78, 5) is 4.30. The highest BCUT2D eigenvalue weighted by molar-refractivity contribution is 7.98. The SMILES string of the molecule is CSc1nnc2c(n1)OC(c1ccccc1C(F)(F)F)Nc1ccccc1-2. The molecule has 27 heavy (non-hydrogen) atoms. The van der Waals surface area contributed by atoms with Crippen LogP contribution in [0, 0.1) is 0 Å². The number of rotatable bonds is 2. The Balaban J connectivity index is 1.89. The molecule has 2 aromatic carbocycles. The number of benzene rings is 2. The molecule has 1 aliphatic rings. The second-order valence-electron chi connectivity index (χ2n) is 5.73. The molecule has 138 valence electrons. The Morgan fingerprint density at radius 2 is 1.78 bits per heavy atom. The molecule has 0 amide bonds. The number of alkyl halides is 3. The molecule has 3 aromatic rings. The van der Waals surface area contributed by atoms with Gasteiger partial charge in [-0.15, -0.1) is 10.2 Å². The van der Waals surface area contributed by atoms with Crippen LogP contribution in [-0.4, -0.2) is 21.4 Å². The molecule has 0 spiro atoms. The molecule has 1 aromatic heterocycles. The summed E-state index contributed by atoms with van der Waals surface area (Å²) in [6, 6.07) is 12.4. The molecule has 4 rings (SSSR count). The predicted octanol–water partition coefficient (Wildman–Crippen LogP) is 4.78. The van der Waals surface area contributed by atoms with Gasteiger partial charge in [0, 0.05) is 16.8 Å². The monoisotopic (exact) mass is 390 g/mol. The Bertz CT molecular complexity index is 996. The first kappa shape index (κ1) is 17.6. The van der Waals surface area contributed by atoms with Crippen LogP contribution in [-0.2, 0) is 6.18 Å². The number of ether oxygens (including phenoxy) is 1. The number of para-hydroxylation sites is 1. The van der Waals surface area contributed by atoms with Crippen LogP contribution in [0.4, 0.5) is 18.9 Å². The van der Waals surface area contributed by atoms with Gasteiger partial charge in [-0.25, -0.2) is 0 Å². The third-order valence-corrected chi connectivity index (χ3v) is 4.60. The smallest absolute Gasteiger partial charge is 0.416 e. The number of hydrogen-bond acceptors (Lipinski definition) is 6. The Hall–Kier alpha value is -2.81. The van der Waals surface area contributed by atoms with Gasteiger partial charge < -0.3 is 10.1 Å². The van der Waals surface area contributed by atoms with Gasteiger partial charge in [0.15, 0.2) is 11.9 Å². The van der Waals surface area contributed by atoms with Crippen LogP contribution in [0.25, 0.3) is 11.3 Å². The highest BCUT2D eigenvalue weighted by atomic mass is 32.2. The Morgan fingerprint density at radius 1 is 1.04 bits per heavy atom. The topological polar surface area (TPSA) is 59.9 Å². The standard InChI is InChI=1S/C18H13F3N4OS/c1-27-17-23-16-14(24-25-17)11-7-3-5-9-13(11)22-15(26-16)10-6-2-4-8-12(10)18(19,20)21/h2-9,15,22H,1H3. The van der Waals surface area contributed by atoms with Crippen LogP contribution < -0.4 is 10.1 Å². The van der Waals surface area contributed by atoms with Gasteiger partial charge >= 0.3 is 6.18 Å². The normalized spacial score (nSPS) is 15.8. The second kappa shape index (κ2) is 6.73. The van der Waals surface area contributed by atoms with E-state index in [-0.39, 0.29) is 11.4 Å². The van der Waals surface area contributed by atoms with Crippen LogP contribution in [0.3, 0.4) is 0 Å². The van der Waals surface area contributed by atoms with Gasteiger partial charge in [0.25, 0.3) is 0 Å². The fourth-order valence-corrected chi connectivity index (χ4v) is 3.15. The van der Waals surface area contributed by atoms with E-state index in [9.17, 15) is 13.2 Å². The first-order valence-corrected chi connectivity index (χ1v) is 9.17.